The zero-order valence-electron chi connectivity index (χ0n) is 14.1. The van der Waals surface area contributed by atoms with E-state index in [-0.39, 0.29) is 48.3 Å². The van der Waals surface area contributed by atoms with Crippen LogP contribution in [-0.2, 0) is 16.2 Å². The molecule has 3 heterocycles. The van der Waals surface area contributed by atoms with Crippen molar-refractivity contribution in [2.45, 2.75) is 24.9 Å². The molecule has 0 saturated carbocycles. The van der Waals surface area contributed by atoms with Gasteiger partial charge in [-0.05, 0) is 26.0 Å². The fraction of sp³-hybridized carbons (Fsp3) is 0.467. The maximum atomic E-state index is 12.8. The van der Waals surface area contributed by atoms with Gasteiger partial charge in [0.25, 0.3) is 0 Å². The molecule has 0 aliphatic carbocycles. The predicted molar refractivity (Wildman–Crippen MR) is 86.2 cm³/mol. The molecular weight excluding hydrogens is 373 g/mol. The van der Waals surface area contributed by atoms with Gasteiger partial charge in [0.15, 0.2) is 5.76 Å². The highest BCUT2D eigenvalue weighted by atomic mass is 32.2. The molecule has 0 atom stereocenters. The van der Waals surface area contributed by atoms with Crippen molar-refractivity contribution < 1.29 is 26.1 Å². The maximum absolute atomic E-state index is 12.8. The van der Waals surface area contributed by atoms with E-state index in [1.54, 1.807) is 11.8 Å². The van der Waals surface area contributed by atoms with Gasteiger partial charge in [-0.15, -0.1) is 0 Å². The molecule has 1 aliphatic heterocycles. The minimum Gasteiger partial charge on any atom is -0.360 e. The molecule has 0 amide bonds. The van der Waals surface area contributed by atoms with E-state index in [4.69, 9.17) is 4.52 Å². The van der Waals surface area contributed by atoms with E-state index in [0.717, 1.165) is 18.3 Å². The molecule has 2 aromatic rings. The molecular formula is C15H17F3N4O3S. The fourth-order valence-corrected chi connectivity index (χ4v) is 4.61. The number of anilines is 1. The van der Waals surface area contributed by atoms with Gasteiger partial charge in [-0.2, -0.15) is 17.5 Å². The summed E-state index contributed by atoms with van der Waals surface area (Å²) in [5.41, 5.74) is -0.502. The molecule has 7 nitrogen and oxygen atoms in total. The Hall–Kier alpha value is -2.14. The topological polar surface area (TPSA) is 79.5 Å². The smallest absolute Gasteiger partial charge is 0.360 e. The van der Waals surface area contributed by atoms with Crippen LogP contribution in [0.4, 0.5) is 19.0 Å². The van der Waals surface area contributed by atoms with E-state index in [2.05, 4.69) is 10.1 Å². The molecule has 0 bridgehead atoms. The number of alkyl halides is 3. The Kier molecular flexibility index (Phi) is 4.69. The number of pyridine rings is 1. The van der Waals surface area contributed by atoms with Gasteiger partial charge in [0.05, 0.1) is 5.56 Å². The molecule has 2 aromatic heterocycles. The summed E-state index contributed by atoms with van der Waals surface area (Å²) < 4.78 is 70.2. The van der Waals surface area contributed by atoms with Crippen LogP contribution in [0.1, 0.15) is 17.0 Å². The lowest BCUT2D eigenvalue weighted by atomic mass is 10.2. The van der Waals surface area contributed by atoms with Crippen LogP contribution >= 0.6 is 0 Å². The summed E-state index contributed by atoms with van der Waals surface area (Å²) in [6.45, 7) is 3.80. The normalized spacial score (nSPS) is 16.9. The van der Waals surface area contributed by atoms with Gasteiger partial charge in [0.2, 0.25) is 10.0 Å². The molecule has 1 saturated heterocycles. The highest BCUT2D eigenvalue weighted by Crippen LogP contribution is 2.31. The minimum atomic E-state index is -4.45. The summed E-state index contributed by atoms with van der Waals surface area (Å²) >= 11 is 0. The van der Waals surface area contributed by atoms with Crippen LogP contribution in [0, 0.1) is 13.8 Å². The van der Waals surface area contributed by atoms with Gasteiger partial charge in [-0.1, -0.05) is 5.16 Å². The third kappa shape index (κ3) is 3.40. The zero-order valence-corrected chi connectivity index (χ0v) is 14.9. The lowest BCUT2D eigenvalue weighted by Gasteiger charge is -2.34. The van der Waals surface area contributed by atoms with Crippen LogP contribution in [-0.4, -0.2) is 49.0 Å². The predicted octanol–water partition coefficient (Wildman–Crippen LogP) is 2.22. The van der Waals surface area contributed by atoms with Gasteiger partial charge in [0.1, 0.15) is 16.4 Å². The van der Waals surface area contributed by atoms with Crippen LogP contribution in [0.3, 0.4) is 0 Å². The number of hydrogen-bond acceptors (Lipinski definition) is 6. The average molecular weight is 390 g/mol. The molecule has 3 rings (SSSR count). The van der Waals surface area contributed by atoms with E-state index in [1.165, 1.54) is 11.2 Å². The Labute approximate surface area is 148 Å². The number of halogens is 3. The van der Waals surface area contributed by atoms with Gasteiger partial charge in [0, 0.05) is 32.4 Å². The summed E-state index contributed by atoms with van der Waals surface area (Å²) in [4.78, 5) is 5.65. The van der Waals surface area contributed by atoms with Crippen molar-refractivity contribution >= 4 is 15.8 Å². The van der Waals surface area contributed by atoms with Crippen molar-refractivity contribution in [1.82, 2.24) is 14.4 Å². The first kappa shape index (κ1) is 18.6. The molecule has 0 aromatic carbocycles. The molecule has 1 aliphatic rings. The van der Waals surface area contributed by atoms with Crippen molar-refractivity contribution in [2.24, 2.45) is 0 Å². The summed E-state index contributed by atoms with van der Waals surface area (Å²) in [5.74, 6) is 0.388. The van der Waals surface area contributed by atoms with Crippen molar-refractivity contribution in [3.8, 4) is 0 Å². The van der Waals surface area contributed by atoms with E-state index < -0.39 is 21.8 Å². The monoisotopic (exact) mass is 390 g/mol. The van der Waals surface area contributed by atoms with Crippen LogP contribution in [0.25, 0.3) is 0 Å². The standard InChI is InChI=1S/C15H17F3N4O3S/c1-10-14(11(2)25-20-10)26(23,24)22-7-5-21(6-8-22)13-9-12(3-4-19-13)15(16,17)18/h3-4,9H,5-8H2,1-2H3. The molecule has 26 heavy (non-hydrogen) atoms. The van der Waals surface area contributed by atoms with Crippen molar-refractivity contribution in [2.75, 3.05) is 31.1 Å². The van der Waals surface area contributed by atoms with Gasteiger partial charge in [-0.3, -0.25) is 0 Å². The second-order valence-electron chi connectivity index (χ2n) is 5.94. The number of aryl methyl sites for hydroxylation is 2. The average Bonchev–Trinajstić information content (AvgIpc) is 2.93. The van der Waals surface area contributed by atoms with Crippen LogP contribution in [0.5, 0.6) is 0 Å². The zero-order chi connectivity index (χ0) is 19.1. The number of piperazine rings is 1. The maximum Gasteiger partial charge on any atom is 0.416 e. The van der Waals surface area contributed by atoms with Crippen LogP contribution < -0.4 is 4.90 Å². The summed E-state index contributed by atoms with van der Waals surface area (Å²) in [5, 5.41) is 3.66. The van der Waals surface area contributed by atoms with Crippen molar-refractivity contribution in [3.63, 3.8) is 0 Å². The molecule has 0 N–H and O–H groups in total. The molecule has 0 radical (unpaired) electrons. The Morgan fingerprint density at radius 1 is 1.15 bits per heavy atom. The first-order chi connectivity index (χ1) is 12.1. The fourth-order valence-electron chi connectivity index (χ4n) is 2.90. The van der Waals surface area contributed by atoms with E-state index >= 15 is 0 Å². The molecule has 1 fully saturated rings. The SMILES string of the molecule is Cc1noc(C)c1S(=O)(=O)N1CCN(c2cc(C(F)(F)F)ccn2)CC1. The third-order valence-corrected chi connectivity index (χ3v) is 6.34. The molecule has 11 heteroatoms. The van der Waals surface area contributed by atoms with Crippen LogP contribution in [0.2, 0.25) is 0 Å². The molecule has 142 valence electrons. The third-order valence-electron chi connectivity index (χ3n) is 4.20. The first-order valence-corrected chi connectivity index (χ1v) is 9.26. The Balaban J connectivity index is 1.76. The largest absolute Gasteiger partial charge is 0.416 e. The van der Waals surface area contributed by atoms with Crippen LogP contribution in [0.15, 0.2) is 27.7 Å². The highest BCUT2D eigenvalue weighted by molar-refractivity contribution is 7.89. The summed E-state index contributed by atoms with van der Waals surface area (Å²) in [6.07, 6.45) is -3.35. The lowest BCUT2D eigenvalue weighted by molar-refractivity contribution is -0.137. The second kappa shape index (κ2) is 6.54. The number of hydrogen-bond donors (Lipinski definition) is 0. The minimum absolute atomic E-state index is 0.0446. The summed E-state index contributed by atoms with van der Waals surface area (Å²) in [6, 6.07) is 1.88. The quantitative estimate of drug-likeness (QED) is 0.800. The number of sulfonamides is 1. The molecule has 0 spiro atoms. The molecule has 0 unspecified atom stereocenters. The van der Waals surface area contributed by atoms with Gasteiger partial charge < -0.3 is 9.42 Å². The Morgan fingerprint density at radius 2 is 1.81 bits per heavy atom. The van der Waals surface area contributed by atoms with Gasteiger partial charge >= 0.3 is 6.18 Å². The van der Waals surface area contributed by atoms with Crippen molar-refractivity contribution in [1.29, 1.82) is 0 Å². The number of rotatable bonds is 3. The Morgan fingerprint density at radius 3 is 2.35 bits per heavy atom. The second-order valence-corrected chi connectivity index (χ2v) is 7.82. The van der Waals surface area contributed by atoms with E-state index in [0.29, 0.717) is 0 Å². The van der Waals surface area contributed by atoms with Gasteiger partial charge in [-0.25, -0.2) is 13.4 Å². The first-order valence-electron chi connectivity index (χ1n) is 7.82. The number of aromatic nitrogens is 2. The van der Waals surface area contributed by atoms with Crippen molar-refractivity contribution in [3.05, 3.63) is 35.3 Å². The van der Waals surface area contributed by atoms with E-state index in [9.17, 15) is 21.6 Å². The summed E-state index contributed by atoms with van der Waals surface area (Å²) in [7, 11) is -3.77. The highest BCUT2D eigenvalue weighted by Gasteiger charge is 2.35. The Bertz CT molecular complexity index is 884. The van der Waals surface area contributed by atoms with E-state index in [1.807, 2.05) is 0 Å². The lowest BCUT2D eigenvalue weighted by Crippen LogP contribution is -2.49. The number of nitrogens with zero attached hydrogens (tertiary/aromatic N) is 4.